The second kappa shape index (κ2) is 7.17. The van der Waals surface area contributed by atoms with E-state index in [0.29, 0.717) is 44.3 Å². The van der Waals surface area contributed by atoms with Crippen molar-refractivity contribution in [2.75, 3.05) is 17.9 Å². The van der Waals surface area contributed by atoms with Crippen LogP contribution in [0.4, 0.5) is 5.69 Å². The first kappa shape index (κ1) is 17.3. The van der Waals surface area contributed by atoms with E-state index in [0.717, 1.165) is 0 Å². The first-order valence-corrected chi connectivity index (χ1v) is 8.61. The maximum Gasteiger partial charge on any atom is 0.234 e. The minimum atomic E-state index is -0.274. The zero-order chi connectivity index (χ0) is 18.0. The number of carbonyl (C=O) groups excluding carboxylic acids is 1. The van der Waals surface area contributed by atoms with E-state index in [2.05, 4.69) is 21.4 Å². The van der Waals surface area contributed by atoms with Crippen molar-refractivity contribution in [1.82, 2.24) is 9.97 Å². The molecule has 7 nitrogen and oxygen atoms in total. The van der Waals surface area contributed by atoms with Crippen LogP contribution in [0.15, 0.2) is 17.2 Å². The van der Waals surface area contributed by atoms with Crippen LogP contribution in [0.5, 0.6) is 11.5 Å². The number of fused-ring (bicyclic) bond motifs is 1. The number of amides is 1. The Kier molecular flexibility index (Phi) is 4.97. The average molecular weight is 377 g/mol. The Morgan fingerprint density at radius 3 is 2.80 bits per heavy atom. The van der Waals surface area contributed by atoms with Crippen molar-refractivity contribution >= 4 is 35.0 Å². The van der Waals surface area contributed by atoms with Crippen molar-refractivity contribution in [1.29, 1.82) is 5.26 Å². The quantitative estimate of drug-likeness (QED) is 0.646. The van der Waals surface area contributed by atoms with E-state index in [1.165, 1.54) is 11.8 Å². The summed E-state index contributed by atoms with van der Waals surface area (Å²) in [5.74, 6) is 1.43. The molecule has 0 atom stereocenters. The first-order valence-electron chi connectivity index (χ1n) is 7.25. The Labute approximate surface area is 153 Å². The van der Waals surface area contributed by atoms with Gasteiger partial charge in [0, 0.05) is 12.1 Å². The number of hydrogen-bond acceptors (Lipinski definition) is 7. The zero-order valence-electron chi connectivity index (χ0n) is 13.4. The Hall–Kier alpha value is -2.50. The van der Waals surface area contributed by atoms with Gasteiger partial charge in [-0.1, -0.05) is 23.4 Å². The van der Waals surface area contributed by atoms with Gasteiger partial charge >= 0.3 is 0 Å². The molecule has 128 valence electrons. The van der Waals surface area contributed by atoms with Gasteiger partial charge in [0.05, 0.1) is 22.2 Å². The number of nitrogens with one attached hydrogen (secondary N) is 1. The molecule has 0 aliphatic carbocycles. The van der Waals surface area contributed by atoms with Crippen LogP contribution >= 0.6 is 23.4 Å². The Morgan fingerprint density at radius 2 is 2.08 bits per heavy atom. The molecule has 1 aromatic heterocycles. The molecule has 0 fully saturated rings. The highest BCUT2D eigenvalue weighted by Crippen LogP contribution is 2.39. The van der Waals surface area contributed by atoms with E-state index in [1.807, 2.05) is 0 Å². The molecule has 2 aromatic rings. The maximum absolute atomic E-state index is 12.2. The minimum Gasteiger partial charge on any atom is -0.454 e. The molecule has 9 heteroatoms. The molecule has 0 saturated carbocycles. The number of hydrogen-bond donors (Lipinski definition) is 1. The van der Waals surface area contributed by atoms with Crippen LogP contribution in [0.3, 0.4) is 0 Å². The van der Waals surface area contributed by atoms with Crippen LogP contribution in [-0.4, -0.2) is 28.4 Å². The molecule has 0 radical (unpaired) electrons. The number of ether oxygens (including phenoxy) is 2. The number of thioether (sulfide) groups is 1. The zero-order valence-corrected chi connectivity index (χ0v) is 15.0. The summed E-state index contributed by atoms with van der Waals surface area (Å²) in [6, 6.07) is 5.29. The van der Waals surface area contributed by atoms with E-state index in [1.54, 1.807) is 26.0 Å². The number of nitriles is 1. The van der Waals surface area contributed by atoms with Gasteiger partial charge in [-0.2, -0.15) is 5.26 Å². The predicted octanol–water partition coefficient (Wildman–Crippen LogP) is 3.08. The number of aryl methyl sites for hydroxylation is 2. The summed E-state index contributed by atoms with van der Waals surface area (Å²) < 4.78 is 10.5. The second-order valence-corrected chi connectivity index (χ2v) is 6.54. The molecule has 1 amide bonds. The normalized spacial score (nSPS) is 11.9. The van der Waals surface area contributed by atoms with E-state index >= 15 is 0 Å². The second-order valence-electron chi connectivity index (χ2n) is 5.17. The molecule has 25 heavy (non-hydrogen) atoms. The van der Waals surface area contributed by atoms with Gasteiger partial charge < -0.3 is 14.8 Å². The third-order valence-corrected chi connectivity index (χ3v) is 4.64. The van der Waals surface area contributed by atoms with Crippen LogP contribution in [0, 0.1) is 25.2 Å². The van der Waals surface area contributed by atoms with Crippen LogP contribution in [-0.2, 0) is 4.79 Å². The summed E-state index contributed by atoms with van der Waals surface area (Å²) >= 11 is 7.31. The molecule has 1 aromatic carbocycles. The van der Waals surface area contributed by atoms with Crippen molar-refractivity contribution < 1.29 is 14.3 Å². The fraction of sp³-hybridized carbons (Fsp3) is 0.250. The molecule has 0 bridgehead atoms. The number of carbonyl (C=O) groups is 1. The van der Waals surface area contributed by atoms with Crippen molar-refractivity contribution in [3.63, 3.8) is 0 Å². The van der Waals surface area contributed by atoms with Crippen LogP contribution in [0.25, 0.3) is 0 Å². The monoisotopic (exact) mass is 376 g/mol. The lowest BCUT2D eigenvalue weighted by molar-refractivity contribution is -0.113. The summed E-state index contributed by atoms with van der Waals surface area (Å²) in [5.41, 5.74) is 1.41. The Balaban J connectivity index is 1.70. The molecular formula is C16H13ClN4O3S. The van der Waals surface area contributed by atoms with Gasteiger partial charge in [-0.15, -0.1) is 0 Å². The first-order chi connectivity index (χ1) is 12.0. The third kappa shape index (κ3) is 3.78. The van der Waals surface area contributed by atoms with Gasteiger partial charge in [0.15, 0.2) is 11.5 Å². The number of benzene rings is 1. The number of rotatable bonds is 4. The van der Waals surface area contributed by atoms with Crippen molar-refractivity contribution in [3.05, 3.63) is 34.2 Å². The number of nitrogens with zero attached hydrogens (tertiary/aromatic N) is 3. The molecule has 2 heterocycles. The lowest BCUT2D eigenvalue weighted by atomic mass is 10.2. The molecule has 0 saturated heterocycles. The van der Waals surface area contributed by atoms with Crippen LogP contribution in [0.2, 0.25) is 5.02 Å². The van der Waals surface area contributed by atoms with Crippen LogP contribution < -0.4 is 14.8 Å². The van der Waals surface area contributed by atoms with E-state index in [4.69, 9.17) is 21.1 Å². The minimum absolute atomic E-state index is 0.0787. The Morgan fingerprint density at radius 1 is 1.36 bits per heavy atom. The van der Waals surface area contributed by atoms with Crippen molar-refractivity contribution in [2.24, 2.45) is 0 Å². The third-order valence-electron chi connectivity index (χ3n) is 3.36. The lowest BCUT2D eigenvalue weighted by Crippen LogP contribution is -2.15. The molecule has 1 N–H and O–H groups in total. The highest BCUT2D eigenvalue weighted by atomic mass is 35.5. The molecule has 1 aliphatic heterocycles. The summed E-state index contributed by atoms with van der Waals surface area (Å²) in [6.45, 7) is 3.61. The van der Waals surface area contributed by atoms with E-state index < -0.39 is 0 Å². The van der Waals surface area contributed by atoms with Gasteiger partial charge in [0.1, 0.15) is 22.5 Å². The Bertz CT molecular complexity index is 898. The lowest BCUT2D eigenvalue weighted by Gasteiger charge is -2.09. The summed E-state index contributed by atoms with van der Waals surface area (Å²) in [6.07, 6.45) is 0. The van der Waals surface area contributed by atoms with E-state index in [9.17, 15) is 10.1 Å². The van der Waals surface area contributed by atoms with Gasteiger partial charge in [-0.05, 0) is 13.8 Å². The number of halogens is 1. The predicted molar refractivity (Wildman–Crippen MR) is 93.1 cm³/mol. The maximum atomic E-state index is 12.2. The summed E-state index contributed by atoms with van der Waals surface area (Å²) in [7, 11) is 0. The summed E-state index contributed by atoms with van der Waals surface area (Å²) in [5, 5.41) is 12.8. The number of anilines is 1. The highest BCUT2D eigenvalue weighted by Gasteiger charge is 2.18. The summed E-state index contributed by atoms with van der Waals surface area (Å²) in [4.78, 5) is 20.6. The van der Waals surface area contributed by atoms with Crippen LogP contribution in [0.1, 0.15) is 17.1 Å². The number of aromatic nitrogens is 2. The van der Waals surface area contributed by atoms with Crippen molar-refractivity contribution in [3.8, 4) is 17.6 Å². The molecule has 1 aliphatic rings. The van der Waals surface area contributed by atoms with Crippen molar-refractivity contribution in [2.45, 2.75) is 18.9 Å². The highest BCUT2D eigenvalue weighted by molar-refractivity contribution is 8.00. The van der Waals surface area contributed by atoms with Gasteiger partial charge in [-0.3, -0.25) is 4.79 Å². The molecule has 3 rings (SSSR count). The average Bonchev–Trinajstić information content (AvgIpc) is 3.00. The smallest absolute Gasteiger partial charge is 0.234 e. The largest absolute Gasteiger partial charge is 0.454 e. The van der Waals surface area contributed by atoms with E-state index in [-0.39, 0.29) is 18.5 Å². The fourth-order valence-electron chi connectivity index (χ4n) is 2.25. The molecule has 0 unspecified atom stereocenters. The van der Waals surface area contributed by atoms with Gasteiger partial charge in [0.25, 0.3) is 0 Å². The topological polar surface area (TPSA) is 97.1 Å². The molecular weight excluding hydrogens is 364 g/mol. The fourth-order valence-corrected chi connectivity index (χ4v) is 3.32. The standard InChI is InChI=1S/C16H13ClN4O3S/c1-8-10(5-18)16(20-9(2)19-8)25-6-15(22)21-12-4-14-13(3-11(12)17)23-7-24-14/h3-4H,6-7H2,1-2H3,(H,21,22). The molecule has 0 spiro atoms. The SMILES string of the molecule is Cc1nc(C)c(C#N)c(SCC(=O)Nc2cc3c(cc2Cl)OCO3)n1. The van der Waals surface area contributed by atoms with Gasteiger partial charge in [-0.25, -0.2) is 9.97 Å². The van der Waals surface area contributed by atoms with Gasteiger partial charge in [0.2, 0.25) is 12.7 Å².